The molecule has 11 heteroatoms. The van der Waals surface area contributed by atoms with E-state index < -0.39 is 40.3 Å². The Labute approximate surface area is 193 Å². The maximum Gasteiger partial charge on any atom is 0.420 e. The standard InChI is InChI=1S/C22H20F4N4O2S/c1-11(2)13-8-16(32-5)15(10-28-13)30-20(33)29(19(31)21(30,3)4)14-7-6-12(9-27)17(18(14)23)22(24,25)26/h6-8,10-11H,1-5H3. The average molecular weight is 480 g/mol. The van der Waals surface area contributed by atoms with E-state index in [1.807, 2.05) is 13.8 Å². The molecule has 1 aliphatic rings. The number of rotatable bonds is 4. The summed E-state index contributed by atoms with van der Waals surface area (Å²) in [5.74, 6) is -2.08. The van der Waals surface area contributed by atoms with Crippen LogP contribution in [0.1, 0.15) is 50.4 Å². The fourth-order valence-electron chi connectivity index (χ4n) is 3.61. The maximum absolute atomic E-state index is 15.1. The fourth-order valence-corrected chi connectivity index (χ4v) is 4.12. The number of anilines is 2. The zero-order valence-electron chi connectivity index (χ0n) is 18.4. The molecule has 2 aromatic rings. The van der Waals surface area contributed by atoms with Crippen molar-refractivity contribution in [2.45, 2.75) is 45.3 Å². The highest BCUT2D eigenvalue weighted by molar-refractivity contribution is 7.81. The number of benzene rings is 1. The molecule has 3 rings (SSSR count). The first-order valence-corrected chi connectivity index (χ1v) is 10.2. The molecular weight excluding hydrogens is 460 g/mol. The number of hydrogen-bond donors (Lipinski definition) is 0. The summed E-state index contributed by atoms with van der Waals surface area (Å²) in [5, 5.41) is 8.76. The predicted octanol–water partition coefficient (Wildman–Crippen LogP) is 5.16. The molecular formula is C22H20F4N4O2S. The van der Waals surface area contributed by atoms with Gasteiger partial charge in [-0.1, -0.05) is 13.8 Å². The van der Waals surface area contributed by atoms with Gasteiger partial charge >= 0.3 is 6.18 Å². The third-order valence-electron chi connectivity index (χ3n) is 5.35. The van der Waals surface area contributed by atoms with E-state index in [-0.39, 0.29) is 11.0 Å². The van der Waals surface area contributed by atoms with Crippen LogP contribution in [-0.2, 0) is 11.0 Å². The minimum atomic E-state index is -5.15. The van der Waals surface area contributed by atoms with Gasteiger partial charge in [-0.2, -0.15) is 18.4 Å². The van der Waals surface area contributed by atoms with Gasteiger partial charge in [0.15, 0.2) is 10.9 Å². The third-order valence-corrected chi connectivity index (χ3v) is 5.72. The molecule has 1 aromatic carbocycles. The highest BCUT2D eigenvalue weighted by Gasteiger charge is 2.52. The number of aromatic nitrogens is 1. The first-order chi connectivity index (χ1) is 15.3. The predicted molar refractivity (Wildman–Crippen MR) is 118 cm³/mol. The number of carbonyl (C=O) groups excluding carboxylic acids is 1. The summed E-state index contributed by atoms with van der Waals surface area (Å²) in [7, 11) is 1.42. The van der Waals surface area contributed by atoms with Crippen LogP contribution in [0, 0.1) is 17.1 Å². The van der Waals surface area contributed by atoms with Crippen LogP contribution < -0.4 is 14.5 Å². The lowest BCUT2D eigenvalue weighted by Gasteiger charge is -2.30. The van der Waals surface area contributed by atoms with Gasteiger partial charge in [0.2, 0.25) is 0 Å². The summed E-state index contributed by atoms with van der Waals surface area (Å²) < 4.78 is 61.0. The smallest absolute Gasteiger partial charge is 0.420 e. The molecule has 0 unspecified atom stereocenters. The van der Waals surface area contributed by atoms with Gasteiger partial charge in [-0.15, -0.1) is 0 Å². The number of halogens is 4. The van der Waals surface area contributed by atoms with Crippen LogP contribution in [0.4, 0.5) is 28.9 Å². The molecule has 174 valence electrons. The first-order valence-electron chi connectivity index (χ1n) is 9.79. The summed E-state index contributed by atoms with van der Waals surface area (Å²) in [6, 6.07) is 4.76. The Morgan fingerprint density at radius 2 is 1.88 bits per heavy atom. The van der Waals surface area contributed by atoms with Crippen molar-refractivity contribution in [1.82, 2.24) is 4.98 Å². The molecule has 0 spiro atoms. The summed E-state index contributed by atoms with van der Waals surface area (Å²) in [6.45, 7) is 6.87. The summed E-state index contributed by atoms with van der Waals surface area (Å²) in [4.78, 5) is 19.7. The van der Waals surface area contributed by atoms with Crippen molar-refractivity contribution in [1.29, 1.82) is 5.26 Å². The SMILES string of the molecule is COc1cc(C(C)C)ncc1N1C(=S)N(c2ccc(C#N)c(C(F)(F)F)c2F)C(=O)C1(C)C. The van der Waals surface area contributed by atoms with E-state index in [4.69, 9.17) is 22.2 Å². The minimum absolute atomic E-state index is 0.0816. The molecule has 33 heavy (non-hydrogen) atoms. The highest BCUT2D eigenvalue weighted by atomic mass is 32.1. The van der Waals surface area contributed by atoms with Crippen LogP contribution in [0.2, 0.25) is 0 Å². The Hall–Kier alpha value is -3.26. The minimum Gasteiger partial charge on any atom is -0.494 e. The molecule has 1 amide bonds. The number of nitriles is 1. The molecule has 0 saturated carbocycles. The topological polar surface area (TPSA) is 69.5 Å². The van der Waals surface area contributed by atoms with Crippen molar-refractivity contribution < 1.29 is 27.1 Å². The Balaban J connectivity index is 2.20. The Morgan fingerprint density at radius 3 is 2.39 bits per heavy atom. The number of hydrogen-bond acceptors (Lipinski definition) is 5. The molecule has 6 nitrogen and oxygen atoms in total. The van der Waals surface area contributed by atoms with E-state index in [1.165, 1.54) is 38.1 Å². The largest absolute Gasteiger partial charge is 0.494 e. The van der Waals surface area contributed by atoms with Crippen LogP contribution in [0.5, 0.6) is 5.75 Å². The second kappa shape index (κ2) is 8.26. The van der Waals surface area contributed by atoms with E-state index in [2.05, 4.69) is 4.98 Å². The molecule has 0 N–H and O–H groups in total. The van der Waals surface area contributed by atoms with Crippen molar-refractivity contribution in [2.24, 2.45) is 0 Å². The fraction of sp³-hybridized carbons (Fsp3) is 0.364. The van der Waals surface area contributed by atoms with Gasteiger partial charge in [0.1, 0.15) is 22.5 Å². The Kier molecular flexibility index (Phi) is 6.10. The quantitative estimate of drug-likeness (QED) is 0.445. The van der Waals surface area contributed by atoms with E-state index in [9.17, 15) is 18.0 Å². The molecule has 1 aromatic heterocycles. The van der Waals surface area contributed by atoms with Crippen LogP contribution in [0.3, 0.4) is 0 Å². The lowest BCUT2D eigenvalue weighted by Crippen LogP contribution is -2.44. The van der Waals surface area contributed by atoms with E-state index in [0.717, 1.165) is 17.8 Å². The summed E-state index contributed by atoms with van der Waals surface area (Å²) >= 11 is 5.44. The average Bonchev–Trinajstić information content (AvgIpc) is 2.90. The van der Waals surface area contributed by atoms with Gasteiger partial charge < -0.3 is 4.74 Å². The molecule has 1 aliphatic heterocycles. The number of amides is 1. The number of thiocarbonyl (C=S) groups is 1. The van der Waals surface area contributed by atoms with Gasteiger partial charge in [0.05, 0.1) is 30.6 Å². The second-order valence-corrected chi connectivity index (χ2v) is 8.55. The maximum atomic E-state index is 15.1. The van der Waals surface area contributed by atoms with Crippen molar-refractivity contribution in [3.8, 4) is 11.8 Å². The monoisotopic (exact) mass is 480 g/mol. The molecule has 0 bridgehead atoms. The lowest BCUT2D eigenvalue weighted by molar-refractivity contribution is -0.140. The van der Waals surface area contributed by atoms with Crippen LogP contribution in [-0.4, -0.2) is 28.7 Å². The van der Waals surface area contributed by atoms with E-state index >= 15 is 4.39 Å². The van der Waals surface area contributed by atoms with Gasteiger partial charge in [-0.25, -0.2) is 4.39 Å². The number of alkyl halides is 3. The number of nitrogens with zero attached hydrogens (tertiary/aromatic N) is 4. The molecule has 0 aliphatic carbocycles. The van der Waals surface area contributed by atoms with Crippen molar-refractivity contribution >= 4 is 34.6 Å². The van der Waals surface area contributed by atoms with E-state index in [1.54, 1.807) is 6.07 Å². The normalized spacial score (nSPS) is 15.9. The summed E-state index contributed by atoms with van der Waals surface area (Å²) in [6.07, 6.45) is -3.69. The molecule has 0 atom stereocenters. The van der Waals surface area contributed by atoms with Crippen molar-refractivity contribution in [3.63, 3.8) is 0 Å². The molecule has 1 saturated heterocycles. The van der Waals surface area contributed by atoms with Crippen molar-refractivity contribution in [2.75, 3.05) is 16.9 Å². The summed E-state index contributed by atoms with van der Waals surface area (Å²) in [5.41, 5.74) is -3.72. The molecule has 0 radical (unpaired) electrons. The van der Waals surface area contributed by atoms with Crippen molar-refractivity contribution in [3.05, 3.63) is 47.0 Å². The lowest BCUT2D eigenvalue weighted by atomic mass is 10.0. The zero-order chi connectivity index (χ0) is 24.9. The Bertz CT molecular complexity index is 1190. The van der Waals surface area contributed by atoms with Crippen LogP contribution in [0.25, 0.3) is 0 Å². The van der Waals surface area contributed by atoms with Gasteiger partial charge in [-0.05, 0) is 44.1 Å². The number of ether oxygens (including phenoxy) is 1. The Morgan fingerprint density at radius 1 is 1.24 bits per heavy atom. The second-order valence-electron chi connectivity index (χ2n) is 8.18. The number of methoxy groups -OCH3 is 1. The van der Waals surface area contributed by atoms with Gasteiger partial charge in [0, 0.05) is 11.8 Å². The number of pyridine rings is 1. The van der Waals surface area contributed by atoms with Crippen LogP contribution >= 0.6 is 12.2 Å². The zero-order valence-corrected chi connectivity index (χ0v) is 19.2. The first kappa shape index (κ1) is 24.4. The van der Waals surface area contributed by atoms with Crippen LogP contribution in [0.15, 0.2) is 24.4 Å². The number of carbonyl (C=O) groups is 1. The highest BCUT2D eigenvalue weighted by Crippen LogP contribution is 2.43. The van der Waals surface area contributed by atoms with E-state index in [0.29, 0.717) is 16.3 Å². The third kappa shape index (κ3) is 3.88. The van der Waals surface area contributed by atoms with Gasteiger partial charge in [0.25, 0.3) is 5.91 Å². The molecule has 1 fully saturated rings. The van der Waals surface area contributed by atoms with Gasteiger partial charge in [-0.3, -0.25) is 19.6 Å². The molecule has 2 heterocycles.